The topological polar surface area (TPSA) is 42.9 Å². The van der Waals surface area contributed by atoms with Crippen molar-refractivity contribution in [3.8, 4) is 0 Å². The molecule has 5 heteroatoms. The summed E-state index contributed by atoms with van der Waals surface area (Å²) >= 11 is 0. The Kier molecular flexibility index (Phi) is 7.06. The Morgan fingerprint density at radius 1 is 1.21 bits per heavy atom. The van der Waals surface area contributed by atoms with Gasteiger partial charge in [0.2, 0.25) is 0 Å². The van der Waals surface area contributed by atoms with E-state index in [0.29, 0.717) is 12.0 Å². The molecule has 2 atom stereocenters. The van der Waals surface area contributed by atoms with Crippen molar-refractivity contribution >= 4 is 5.96 Å². The number of nitrogens with zero attached hydrogens (tertiary/aromatic N) is 3. The number of benzene rings is 1. The predicted octanol–water partition coefficient (Wildman–Crippen LogP) is 1.51. The van der Waals surface area contributed by atoms with Gasteiger partial charge in [-0.15, -0.1) is 0 Å². The molecule has 5 nitrogen and oxygen atoms in total. The van der Waals surface area contributed by atoms with Crippen molar-refractivity contribution in [1.29, 1.82) is 0 Å². The van der Waals surface area contributed by atoms with Crippen molar-refractivity contribution in [1.82, 2.24) is 20.4 Å². The summed E-state index contributed by atoms with van der Waals surface area (Å²) in [5.74, 6) is 1.34. The van der Waals surface area contributed by atoms with Crippen molar-refractivity contribution in [3.63, 3.8) is 0 Å². The van der Waals surface area contributed by atoms with E-state index in [1.54, 1.807) is 0 Å². The molecule has 134 valence electrons. The third-order valence-electron chi connectivity index (χ3n) is 4.93. The summed E-state index contributed by atoms with van der Waals surface area (Å²) in [6, 6.07) is 9.30. The maximum Gasteiger partial charge on any atom is 0.191 e. The lowest BCUT2D eigenvalue weighted by molar-refractivity contribution is 0.116. The van der Waals surface area contributed by atoms with Gasteiger partial charge in [-0.3, -0.25) is 9.89 Å². The van der Waals surface area contributed by atoms with Crippen molar-refractivity contribution < 1.29 is 0 Å². The molecule has 1 fully saturated rings. The predicted molar refractivity (Wildman–Crippen MR) is 103 cm³/mol. The Morgan fingerprint density at radius 3 is 2.58 bits per heavy atom. The number of aliphatic imine (C=N–C) groups is 1. The Labute approximate surface area is 147 Å². The Hall–Kier alpha value is -1.59. The van der Waals surface area contributed by atoms with E-state index in [1.807, 2.05) is 7.05 Å². The normalized spacial score (nSPS) is 21.5. The lowest BCUT2D eigenvalue weighted by atomic mass is 10.0. The minimum Gasteiger partial charge on any atom is -0.356 e. The Balaban J connectivity index is 1.78. The maximum absolute atomic E-state index is 4.36. The first-order valence-electron chi connectivity index (χ1n) is 8.89. The van der Waals surface area contributed by atoms with Gasteiger partial charge in [-0.05, 0) is 32.5 Å². The molecule has 2 unspecified atom stereocenters. The average molecular weight is 332 g/mol. The van der Waals surface area contributed by atoms with Crippen LogP contribution in [0.5, 0.6) is 0 Å². The van der Waals surface area contributed by atoms with Crippen LogP contribution in [0.1, 0.15) is 24.0 Å². The van der Waals surface area contributed by atoms with E-state index in [9.17, 15) is 0 Å². The van der Waals surface area contributed by atoms with Gasteiger partial charge in [0.25, 0.3) is 0 Å². The molecule has 0 spiro atoms. The van der Waals surface area contributed by atoms with Crippen LogP contribution < -0.4 is 10.6 Å². The summed E-state index contributed by atoms with van der Waals surface area (Å²) in [4.78, 5) is 9.18. The largest absolute Gasteiger partial charge is 0.356 e. The van der Waals surface area contributed by atoms with Gasteiger partial charge in [-0.1, -0.05) is 36.8 Å². The van der Waals surface area contributed by atoms with Crippen LogP contribution in [0.2, 0.25) is 0 Å². The van der Waals surface area contributed by atoms with Crippen molar-refractivity contribution in [2.24, 2.45) is 4.99 Å². The van der Waals surface area contributed by atoms with E-state index in [1.165, 1.54) is 11.1 Å². The van der Waals surface area contributed by atoms with Gasteiger partial charge >= 0.3 is 0 Å². The van der Waals surface area contributed by atoms with Crippen molar-refractivity contribution in [2.45, 2.75) is 25.8 Å². The number of piperazine rings is 1. The van der Waals surface area contributed by atoms with E-state index >= 15 is 0 Å². The number of hydrogen-bond acceptors (Lipinski definition) is 3. The third-order valence-corrected chi connectivity index (χ3v) is 4.93. The SMILES string of the molecule is CN=C(NCC(C)c1ccc(C)cc1)NCC1CN(C)CCN1C. The average Bonchev–Trinajstić information content (AvgIpc) is 2.58. The molecule has 2 N–H and O–H groups in total. The zero-order chi connectivity index (χ0) is 17.5. The monoisotopic (exact) mass is 331 g/mol. The van der Waals surface area contributed by atoms with Crippen LogP contribution >= 0.6 is 0 Å². The molecule has 0 aliphatic carbocycles. The number of guanidine groups is 1. The van der Waals surface area contributed by atoms with Crippen LogP contribution in [0.4, 0.5) is 0 Å². The molecule has 1 aromatic carbocycles. The summed E-state index contributed by atoms with van der Waals surface area (Å²) in [7, 11) is 6.23. The zero-order valence-electron chi connectivity index (χ0n) is 15.8. The second kappa shape index (κ2) is 9.04. The Morgan fingerprint density at radius 2 is 1.92 bits per heavy atom. The molecule has 1 aliphatic rings. The van der Waals surface area contributed by atoms with E-state index < -0.39 is 0 Å². The standard InChI is InChI=1S/C19H33N5/c1-15-6-8-17(9-7-15)16(2)12-21-19(20-3)22-13-18-14-23(4)10-11-24(18)5/h6-9,16,18H,10-14H2,1-5H3,(H2,20,21,22). The summed E-state index contributed by atoms with van der Waals surface area (Å²) in [5, 5.41) is 6.93. The highest BCUT2D eigenvalue weighted by atomic mass is 15.3. The van der Waals surface area contributed by atoms with Crippen LogP contribution in [-0.4, -0.2) is 75.7 Å². The number of hydrogen-bond donors (Lipinski definition) is 2. The summed E-state index contributed by atoms with van der Waals surface area (Å²) in [6.45, 7) is 9.53. The van der Waals surface area contributed by atoms with Gasteiger partial charge in [-0.25, -0.2) is 0 Å². The van der Waals surface area contributed by atoms with Crippen molar-refractivity contribution in [3.05, 3.63) is 35.4 Å². The van der Waals surface area contributed by atoms with Gasteiger partial charge < -0.3 is 15.5 Å². The van der Waals surface area contributed by atoms with E-state index in [4.69, 9.17) is 0 Å². The van der Waals surface area contributed by atoms with Crippen LogP contribution in [0.3, 0.4) is 0 Å². The van der Waals surface area contributed by atoms with E-state index in [0.717, 1.165) is 38.7 Å². The molecule has 0 bridgehead atoms. The molecule has 2 rings (SSSR count). The molecule has 1 saturated heterocycles. The molecular weight excluding hydrogens is 298 g/mol. The number of rotatable bonds is 5. The Bertz CT molecular complexity index is 525. The molecule has 24 heavy (non-hydrogen) atoms. The highest BCUT2D eigenvalue weighted by Crippen LogP contribution is 2.14. The maximum atomic E-state index is 4.36. The van der Waals surface area contributed by atoms with Crippen LogP contribution in [-0.2, 0) is 0 Å². The van der Waals surface area contributed by atoms with E-state index in [2.05, 4.69) is 77.6 Å². The minimum absolute atomic E-state index is 0.452. The lowest BCUT2D eigenvalue weighted by Gasteiger charge is -2.38. The van der Waals surface area contributed by atoms with Crippen LogP contribution in [0.25, 0.3) is 0 Å². The summed E-state index contributed by atoms with van der Waals surface area (Å²) in [5.41, 5.74) is 2.66. The lowest BCUT2D eigenvalue weighted by Crippen LogP contribution is -2.55. The van der Waals surface area contributed by atoms with Crippen LogP contribution in [0.15, 0.2) is 29.3 Å². The molecule has 1 aromatic rings. The third kappa shape index (κ3) is 5.49. The van der Waals surface area contributed by atoms with Gasteiger partial charge in [0.1, 0.15) is 0 Å². The second-order valence-corrected chi connectivity index (χ2v) is 7.04. The molecule has 0 amide bonds. The molecular formula is C19H33N5. The smallest absolute Gasteiger partial charge is 0.191 e. The number of nitrogens with one attached hydrogen (secondary N) is 2. The highest BCUT2D eigenvalue weighted by Gasteiger charge is 2.22. The second-order valence-electron chi connectivity index (χ2n) is 7.04. The van der Waals surface area contributed by atoms with E-state index in [-0.39, 0.29) is 0 Å². The van der Waals surface area contributed by atoms with Gasteiger partial charge in [0, 0.05) is 45.8 Å². The first-order valence-corrected chi connectivity index (χ1v) is 8.89. The molecule has 0 radical (unpaired) electrons. The zero-order valence-corrected chi connectivity index (χ0v) is 15.8. The van der Waals surface area contributed by atoms with Crippen molar-refractivity contribution in [2.75, 3.05) is 53.9 Å². The molecule has 1 heterocycles. The molecule has 0 saturated carbocycles. The van der Waals surface area contributed by atoms with Gasteiger partial charge in [0.05, 0.1) is 0 Å². The fraction of sp³-hybridized carbons (Fsp3) is 0.632. The molecule has 1 aliphatic heterocycles. The van der Waals surface area contributed by atoms with Crippen LogP contribution in [0, 0.1) is 6.92 Å². The summed E-state index contributed by atoms with van der Waals surface area (Å²) in [6.07, 6.45) is 0. The first kappa shape index (κ1) is 18.7. The minimum atomic E-state index is 0.452. The summed E-state index contributed by atoms with van der Waals surface area (Å²) < 4.78 is 0. The fourth-order valence-electron chi connectivity index (χ4n) is 3.02. The quantitative estimate of drug-likeness (QED) is 0.634. The first-order chi connectivity index (χ1) is 11.5. The number of likely N-dealkylation sites (N-methyl/N-ethyl adjacent to an activating group) is 2. The van der Waals surface area contributed by atoms with Gasteiger partial charge in [0.15, 0.2) is 5.96 Å². The number of aryl methyl sites for hydroxylation is 1. The highest BCUT2D eigenvalue weighted by molar-refractivity contribution is 5.79. The molecule has 0 aromatic heterocycles. The van der Waals surface area contributed by atoms with Gasteiger partial charge in [-0.2, -0.15) is 0 Å². The fourth-order valence-corrected chi connectivity index (χ4v) is 3.02.